The summed E-state index contributed by atoms with van der Waals surface area (Å²) in [5.74, 6) is -0.218. The number of anilines is 1. The summed E-state index contributed by atoms with van der Waals surface area (Å²) in [6.07, 6.45) is 1.70. The van der Waals surface area contributed by atoms with Crippen LogP contribution in [0.5, 0.6) is 0 Å². The molecule has 3 rings (SSSR count). The van der Waals surface area contributed by atoms with Crippen molar-refractivity contribution in [2.45, 2.75) is 32.9 Å². The van der Waals surface area contributed by atoms with Crippen molar-refractivity contribution in [1.29, 1.82) is 0 Å². The van der Waals surface area contributed by atoms with Gasteiger partial charge in [-0.3, -0.25) is 4.79 Å². The van der Waals surface area contributed by atoms with E-state index in [0.717, 1.165) is 24.1 Å². The Kier molecular flexibility index (Phi) is 5.63. The van der Waals surface area contributed by atoms with Gasteiger partial charge in [0, 0.05) is 30.4 Å². The first-order chi connectivity index (χ1) is 12.5. The largest absolute Gasteiger partial charge is 0.356 e. The van der Waals surface area contributed by atoms with Gasteiger partial charge in [-0.05, 0) is 32.1 Å². The van der Waals surface area contributed by atoms with E-state index >= 15 is 0 Å². The van der Waals surface area contributed by atoms with E-state index in [9.17, 15) is 9.18 Å². The SMILES string of the molecule is CCCc1cc(=O)n2nc(NCc3ccc(CN(C)C)c(F)c3)sc2n1. The average molecular weight is 375 g/mol. The quantitative estimate of drug-likeness (QED) is 0.688. The van der Waals surface area contributed by atoms with Gasteiger partial charge in [0.05, 0.1) is 0 Å². The summed E-state index contributed by atoms with van der Waals surface area (Å²) in [5.41, 5.74) is 2.09. The zero-order chi connectivity index (χ0) is 18.7. The van der Waals surface area contributed by atoms with Crippen molar-refractivity contribution in [3.8, 4) is 0 Å². The van der Waals surface area contributed by atoms with Crippen LogP contribution in [0.2, 0.25) is 0 Å². The van der Waals surface area contributed by atoms with Crippen LogP contribution in [0.4, 0.5) is 9.52 Å². The van der Waals surface area contributed by atoms with Gasteiger partial charge >= 0.3 is 0 Å². The summed E-state index contributed by atoms with van der Waals surface area (Å²) < 4.78 is 15.4. The van der Waals surface area contributed by atoms with Gasteiger partial charge in [-0.15, -0.1) is 5.10 Å². The smallest absolute Gasteiger partial charge is 0.275 e. The number of benzene rings is 1. The molecular formula is C18H22FN5OS. The average Bonchev–Trinajstić information content (AvgIpc) is 2.99. The molecule has 26 heavy (non-hydrogen) atoms. The number of nitrogens with zero attached hydrogens (tertiary/aromatic N) is 4. The molecule has 0 aliphatic heterocycles. The third-order valence-electron chi connectivity index (χ3n) is 3.85. The van der Waals surface area contributed by atoms with Gasteiger partial charge < -0.3 is 10.2 Å². The van der Waals surface area contributed by atoms with E-state index in [2.05, 4.69) is 15.4 Å². The molecule has 0 amide bonds. The summed E-state index contributed by atoms with van der Waals surface area (Å²) in [5, 5.41) is 7.99. The van der Waals surface area contributed by atoms with Gasteiger partial charge in [-0.25, -0.2) is 9.37 Å². The normalized spacial score (nSPS) is 11.4. The standard InChI is InChI=1S/C18H22FN5OS/c1-4-5-14-9-16(25)24-18(21-14)26-17(22-24)20-10-12-6-7-13(11-23(2)3)15(19)8-12/h6-9H,4-5,10-11H2,1-3H3,(H,20,22). The Hall–Kier alpha value is -2.32. The minimum absolute atomic E-state index is 0.179. The Morgan fingerprint density at radius 1 is 1.31 bits per heavy atom. The first-order valence-corrected chi connectivity index (χ1v) is 9.33. The number of rotatable bonds is 7. The molecule has 0 spiro atoms. The molecule has 2 aromatic heterocycles. The van der Waals surface area contributed by atoms with Crippen LogP contribution >= 0.6 is 11.3 Å². The number of hydrogen-bond acceptors (Lipinski definition) is 6. The molecule has 0 aliphatic carbocycles. The molecule has 0 fully saturated rings. The maximum absolute atomic E-state index is 14.2. The van der Waals surface area contributed by atoms with Crippen LogP contribution < -0.4 is 10.9 Å². The van der Waals surface area contributed by atoms with Crippen molar-refractivity contribution in [2.75, 3.05) is 19.4 Å². The van der Waals surface area contributed by atoms with E-state index in [-0.39, 0.29) is 11.4 Å². The van der Waals surface area contributed by atoms with Crippen molar-refractivity contribution in [3.63, 3.8) is 0 Å². The van der Waals surface area contributed by atoms with Crippen LogP contribution in [-0.4, -0.2) is 33.6 Å². The predicted octanol–water partition coefficient (Wildman–Crippen LogP) is 2.92. The highest BCUT2D eigenvalue weighted by molar-refractivity contribution is 7.20. The van der Waals surface area contributed by atoms with E-state index in [1.165, 1.54) is 28.0 Å². The summed E-state index contributed by atoms with van der Waals surface area (Å²) in [4.78, 5) is 19.1. The topological polar surface area (TPSA) is 62.5 Å². The lowest BCUT2D eigenvalue weighted by Crippen LogP contribution is -2.15. The van der Waals surface area contributed by atoms with Crippen LogP contribution in [0.3, 0.4) is 0 Å². The maximum atomic E-state index is 14.2. The van der Waals surface area contributed by atoms with Crippen LogP contribution in [-0.2, 0) is 19.5 Å². The van der Waals surface area contributed by atoms with Crippen molar-refractivity contribution >= 4 is 21.4 Å². The predicted molar refractivity (Wildman–Crippen MR) is 102 cm³/mol. The monoisotopic (exact) mass is 375 g/mol. The van der Waals surface area contributed by atoms with Crippen LogP contribution in [0, 0.1) is 5.82 Å². The molecule has 0 radical (unpaired) electrons. The Balaban J connectivity index is 1.74. The van der Waals surface area contributed by atoms with E-state index in [1.54, 1.807) is 6.07 Å². The highest BCUT2D eigenvalue weighted by Gasteiger charge is 2.10. The summed E-state index contributed by atoms with van der Waals surface area (Å²) in [7, 11) is 3.81. The Bertz CT molecular complexity index is 966. The number of aromatic nitrogens is 3. The minimum Gasteiger partial charge on any atom is -0.356 e. The molecule has 6 nitrogen and oxygen atoms in total. The van der Waals surface area contributed by atoms with Gasteiger partial charge in [-0.1, -0.05) is 36.8 Å². The van der Waals surface area contributed by atoms with E-state index in [1.807, 2.05) is 32.0 Å². The van der Waals surface area contributed by atoms with Crippen molar-refractivity contribution in [1.82, 2.24) is 19.5 Å². The van der Waals surface area contributed by atoms with Crippen LogP contribution in [0.25, 0.3) is 4.96 Å². The number of hydrogen-bond donors (Lipinski definition) is 1. The van der Waals surface area contributed by atoms with Crippen LogP contribution in [0.15, 0.2) is 29.1 Å². The zero-order valence-corrected chi connectivity index (χ0v) is 15.9. The second-order valence-electron chi connectivity index (χ2n) is 6.45. The molecule has 0 saturated carbocycles. The summed E-state index contributed by atoms with van der Waals surface area (Å²) in [6.45, 7) is 3.04. The zero-order valence-electron chi connectivity index (χ0n) is 15.1. The number of aryl methyl sites for hydroxylation is 1. The molecule has 0 aliphatic rings. The fourth-order valence-corrected chi connectivity index (χ4v) is 3.48. The second-order valence-corrected chi connectivity index (χ2v) is 7.41. The van der Waals surface area contributed by atoms with Crippen molar-refractivity contribution in [3.05, 3.63) is 57.3 Å². The third-order valence-corrected chi connectivity index (χ3v) is 4.72. The molecule has 0 bridgehead atoms. The first kappa shape index (κ1) is 18.5. The van der Waals surface area contributed by atoms with E-state index < -0.39 is 0 Å². The molecule has 0 saturated heterocycles. The minimum atomic E-state index is -0.218. The summed E-state index contributed by atoms with van der Waals surface area (Å²) in [6, 6.07) is 6.75. The van der Waals surface area contributed by atoms with Crippen molar-refractivity contribution < 1.29 is 4.39 Å². The molecule has 1 N–H and O–H groups in total. The van der Waals surface area contributed by atoms with Gasteiger partial charge in [-0.2, -0.15) is 4.52 Å². The number of halogens is 1. The Morgan fingerprint density at radius 2 is 2.12 bits per heavy atom. The maximum Gasteiger partial charge on any atom is 0.275 e. The fraction of sp³-hybridized carbons (Fsp3) is 0.389. The second kappa shape index (κ2) is 7.92. The van der Waals surface area contributed by atoms with Crippen molar-refractivity contribution in [2.24, 2.45) is 0 Å². The molecule has 3 aromatic rings. The van der Waals surface area contributed by atoms with E-state index in [4.69, 9.17) is 0 Å². The van der Waals surface area contributed by atoms with E-state index in [0.29, 0.717) is 28.7 Å². The number of nitrogens with one attached hydrogen (secondary N) is 1. The molecule has 0 unspecified atom stereocenters. The molecular weight excluding hydrogens is 353 g/mol. The highest BCUT2D eigenvalue weighted by Crippen LogP contribution is 2.19. The molecule has 1 aromatic carbocycles. The Morgan fingerprint density at radius 3 is 2.81 bits per heavy atom. The lowest BCUT2D eigenvalue weighted by Gasteiger charge is -2.11. The number of fused-ring (bicyclic) bond motifs is 1. The summed E-state index contributed by atoms with van der Waals surface area (Å²) >= 11 is 1.32. The van der Waals surface area contributed by atoms with Gasteiger partial charge in [0.15, 0.2) is 0 Å². The van der Waals surface area contributed by atoms with Gasteiger partial charge in [0.2, 0.25) is 10.1 Å². The lowest BCUT2D eigenvalue weighted by molar-refractivity contribution is 0.392. The molecule has 8 heteroatoms. The first-order valence-electron chi connectivity index (χ1n) is 8.52. The molecule has 2 heterocycles. The molecule has 138 valence electrons. The molecule has 0 atom stereocenters. The Labute approximate surface area is 155 Å². The fourth-order valence-electron chi connectivity index (χ4n) is 2.66. The lowest BCUT2D eigenvalue weighted by atomic mass is 10.1. The van der Waals surface area contributed by atoms with Gasteiger partial charge in [0.1, 0.15) is 5.82 Å². The highest BCUT2D eigenvalue weighted by atomic mass is 32.1. The van der Waals surface area contributed by atoms with Crippen LogP contribution in [0.1, 0.15) is 30.2 Å². The van der Waals surface area contributed by atoms with Gasteiger partial charge in [0.25, 0.3) is 5.56 Å². The third kappa shape index (κ3) is 4.25.